The third-order valence-electron chi connectivity index (χ3n) is 2.50. The highest BCUT2D eigenvalue weighted by molar-refractivity contribution is 6.30. The van der Waals surface area contributed by atoms with Crippen LogP contribution in [0, 0.1) is 5.92 Å². The van der Waals surface area contributed by atoms with E-state index >= 15 is 0 Å². The lowest BCUT2D eigenvalue weighted by molar-refractivity contribution is -0.127. The molecule has 1 aromatic rings. The molecule has 0 heterocycles. The molecular weight excluding hydrogens is 250 g/mol. The fraction of sp³-hybridized carbons (Fsp3) is 0.500. The SMILES string of the molecule is CC(C)CCNC(=O)C(C)Oc1cccc(Cl)c1. The fourth-order valence-corrected chi connectivity index (χ4v) is 1.61. The molecule has 0 aliphatic carbocycles. The van der Waals surface area contributed by atoms with E-state index in [-0.39, 0.29) is 5.91 Å². The molecule has 0 aromatic heterocycles. The van der Waals surface area contributed by atoms with Crippen LogP contribution in [0.2, 0.25) is 5.02 Å². The van der Waals surface area contributed by atoms with E-state index in [1.807, 2.05) is 0 Å². The van der Waals surface area contributed by atoms with Crippen LogP contribution >= 0.6 is 11.6 Å². The lowest BCUT2D eigenvalue weighted by atomic mass is 10.1. The minimum Gasteiger partial charge on any atom is -0.481 e. The molecule has 1 N–H and O–H groups in total. The molecule has 0 aliphatic heterocycles. The van der Waals surface area contributed by atoms with Crippen LogP contribution in [0.4, 0.5) is 0 Å². The van der Waals surface area contributed by atoms with Crippen LogP contribution in [0.5, 0.6) is 5.75 Å². The van der Waals surface area contributed by atoms with E-state index in [0.717, 1.165) is 6.42 Å². The van der Waals surface area contributed by atoms with Crippen LogP contribution in [0.15, 0.2) is 24.3 Å². The summed E-state index contributed by atoms with van der Waals surface area (Å²) in [6, 6.07) is 7.03. The number of benzene rings is 1. The van der Waals surface area contributed by atoms with Gasteiger partial charge in [-0.15, -0.1) is 0 Å². The third-order valence-corrected chi connectivity index (χ3v) is 2.73. The van der Waals surface area contributed by atoms with Crippen molar-refractivity contribution in [2.75, 3.05) is 6.54 Å². The summed E-state index contributed by atoms with van der Waals surface area (Å²) >= 11 is 5.85. The number of halogens is 1. The smallest absolute Gasteiger partial charge is 0.260 e. The number of hydrogen-bond acceptors (Lipinski definition) is 2. The van der Waals surface area contributed by atoms with Crippen molar-refractivity contribution in [1.82, 2.24) is 5.32 Å². The van der Waals surface area contributed by atoms with E-state index in [4.69, 9.17) is 16.3 Å². The van der Waals surface area contributed by atoms with Gasteiger partial charge < -0.3 is 10.1 Å². The molecule has 18 heavy (non-hydrogen) atoms. The molecule has 100 valence electrons. The van der Waals surface area contributed by atoms with Gasteiger partial charge in [0, 0.05) is 11.6 Å². The Bertz CT molecular complexity index is 393. The van der Waals surface area contributed by atoms with E-state index in [9.17, 15) is 4.79 Å². The topological polar surface area (TPSA) is 38.3 Å². The Hall–Kier alpha value is -1.22. The number of hydrogen-bond donors (Lipinski definition) is 1. The summed E-state index contributed by atoms with van der Waals surface area (Å²) in [5.74, 6) is 1.08. The van der Waals surface area contributed by atoms with Crippen molar-refractivity contribution in [3.05, 3.63) is 29.3 Å². The van der Waals surface area contributed by atoms with Gasteiger partial charge in [0.2, 0.25) is 0 Å². The van der Waals surface area contributed by atoms with Crippen molar-refractivity contribution in [2.45, 2.75) is 33.3 Å². The molecular formula is C14H20ClNO2. The minimum absolute atomic E-state index is 0.101. The highest BCUT2D eigenvalue weighted by Gasteiger charge is 2.14. The van der Waals surface area contributed by atoms with Gasteiger partial charge in [-0.05, 0) is 37.5 Å². The average molecular weight is 270 g/mol. The summed E-state index contributed by atoms with van der Waals surface area (Å²) in [5, 5.41) is 3.45. The second kappa shape index (κ2) is 7.27. The molecule has 1 aromatic carbocycles. The van der Waals surface area contributed by atoms with E-state index < -0.39 is 6.10 Å². The maximum atomic E-state index is 11.7. The molecule has 0 saturated heterocycles. The third kappa shape index (κ3) is 5.41. The predicted molar refractivity (Wildman–Crippen MR) is 74.0 cm³/mol. The van der Waals surface area contributed by atoms with E-state index in [1.165, 1.54) is 0 Å². The number of ether oxygens (including phenoxy) is 1. The van der Waals surface area contributed by atoms with Gasteiger partial charge in [0.05, 0.1) is 0 Å². The molecule has 0 fully saturated rings. The van der Waals surface area contributed by atoms with Gasteiger partial charge in [0.1, 0.15) is 5.75 Å². The number of rotatable bonds is 6. The molecule has 1 rings (SSSR count). The second-order valence-electron chi connectivity index (χ2n) is 4.69. The lowest BCUT2D eigenvalue weighted by Gasteiger charge is -2.15. The van der Waals surface area contributed by atoms with Gasteiger partial charge in [0.25, 0.3) is 5.91 Å². The quantitative estimate of drug-likeness (QED) is 0.861. The number of carbonyl (C=O) groups excluding carboxylic acids is 1. The molecule has 0 spiro atoms. The summed E-state index contributed by atoms with van der Waals surface area (Å²) in [7, 11) is 0. The molecule has 0 radical (unpaired) electrons. The molecule has 0 saturated carbocycles. The maximum absolute atomic E-state index is 11.7. The second-order valence-corrected chi connectivity index (χ2v) is 5.13. The van der Waals surface area contributed by atoms with Crippen LogP contribution in [-0.2, 0) is 4.79 Å². The Morgan fingerprint density at radius 2 is 2.11 bits per heavy atom. The summed E-state index contributed by atoms with van der Waals surface area (Å²) in [6.45, 7) is 6.65. The Morgan fingerprint density at radius 1 is 1.39 bits per heavy atom. The van der Waals surface area contributed by atoms with Crippen LogP contribution in [-0.4, -0.2) is 18.6 Å². The Balaban J connectivity index is 2.40. The zero-order valence-corrected chi connectivity index (χ0v) is 11.8. The van der Waals surface area contributed by atoms with Crippen LogP contribution < -0.4 is 10.1 Å². The average Bonchev–Trinajstić information content (AvgIpc) is 2.28. The summed E-state index contributed by atoms with van der Waals surface area (Å²) < 4.78 is 5.52. The van der Waals surface area contributed by atoms with Gasteiger partial charge in [-0.25, -0.2) is 0 Å². The molecule has 0 aliphatic rings. The molecule has 0 bridgehead atoms. The van der Waals surface area contributed by atoms with E-state index in [0.29, 0.717) is 23.2 Å². The van der Waals surface area contributed by atoms with Gasteiger partial charge in [0.15, 0.2) is 6.10 Å². The zero-order valence-electron chi connectivity index (χ0n) is 11.1. The predicted octanol–water partition coefficient (Wildman–Crippen LogP) is 3.27. The van der Waals surface area contributed by atoms with Gasteiger partial charge in [-0.3, -0.25) is 4.79 Å². The first kappa shape index (κ1) is 14.8. The minimum atomic E-state index is -0.518. The Morgan fingerprint density at radius 3 is 2.72 bits per heavy atom. The molecule has 4 heteroatoms. The zero-order chi connectivity index (χ0) is 13.5. The largest absolute Gasteiger partial charge is 0.481 e. The monoisotopic (exact) mass is 269 g/mol. The number of nitrogens with one attached hydrogen (secondary N) is 1. The molecule has 1 amide bonds. The van der Waals surface area contributed by atoms with Crippen molar-refractivity contribution >= 4 is 17.5 Å². The van der Waals surface area contributed by atoms with Crippen molar-refractivity contribution in [2.24, 2.45) is 5.92 Å². The van der Waals surface area contributed by atoms with Crippen molar-refractivity contribution in [1.29, 1.82) is 0 Å². The van der Waals surface area contributed by atoms with Crippen LogP contribution in [0.25, 0.3) is 0 Å². The van der Waals surface area contributed by atoms with E-state index in [2.05, 4.69) is 19.2 Å². The molecule has 3 nitrogen and oxygen atoms in total. The highest BCUT2D eigenvalue weighted by atomic mass is 35.5. The van der Waals surface area contributed by atoms with Crippen LogP contribution in [0.3, 0.4) is 0 Å². The molecule has 1 atom stereocenters. The van der Waals surface area contributed by atoms with E-state index in [1.54, 1.807) is 31.2 Å². The number of amides is 1. The van der Waals surface area contributed by atoms with Crippen LogP contribution in [0.1, 0.15) is 27.2 Å². The van der Waals surface area contributed by atoms with Crippen molar-refractivity contribution in [3.63, 3.8) is 0 Å². The first-order valence-electron chi connectivity index (χ1n) is 6.19. The summed E-state index contributed by atoms with van der Waals surface area (Å²) in [6.07, 6.45) is 0.450. The van der Waals surface area contributed by atoms with Gasteiger partial charge in [-0.1, -0.05) is 31.5 Å². The van der Waals surface area contributed by atoms with Crippen molar-refractivity contribution < 1.29 is 9.53 Å². The number of carbonyl (C=O) groups is 1. The lowest BCUT2D eigenvalue weighted by Crippen LogP contribution is -2.37. The maximum Gasteiger partial charge on any atom is 0.260 e. The first-order valence-corrected chi connectivity index (χ1v) is 6.56. The fourth-order valence-electron chi connectivity index (χ4n) is 1.43. The normalized spacial score (nSPS) is 12.3. The first-order chi connectivity index (χ1) is 8.49. The summed E-state index contributed by atoms with van der Waals surface area (Å²) in [5.41, 5.74) is 0. The highest BCUT2D eigenvalue weighted by Crippen LogP contribution is 2.18. The Labute approximate surface area is 113 Å². The molecule has 1 unspecified atom stereocenters. The van der Waals surface area contributed by atoms with Gasteiger partial charge in [-0.2, -0.15) is 0 Å². The van der Waals surface area contributed by atoms with Crippen molar-refractivity contribution in [3.8, 4) is 5.75 Å². The Kier molecular flexibility index (Phi) is 5.99. The van der Waals surface area contributed by atoms with Gasteiger partial charge >= 0.3 is 0 Å². The summed E-state index contributed by atoms with van der Waals surface area (Å²) in [4.78, 5) is 11.7. The standard InChI is InChI=1S/C14H20ClNO2/c1-10(2)7-8-16-14(17)11(3)18-13-6-4-5-12(15)9-13/h4-6,9-11H,7-8H2,1-3H3,(H,16,17).